The molecule has 4 heteroatoms. The van der Waals surface area contributed by atoms with Crippen LogP contribution in [0.25, 0.3) is 0 Å². The highest BCUT2D eigenvalue weighted by atomic mass is 16.5. The first-order chi connectivity index (χ1) is 7.98. The molecule has 0 saturated carbocycles. The van der Waals surface area contributed by atoms with E-state index in [-0.39, 0.29) is 11.3 Å². The SMILES string of the molecule is CCCCOCCOCCNC(=O)C(C)(C)C. The Bertz CT molecular complexity index is 199. The zero-order valence-corrected chi connectivity index (χ0v) is 11.7. The monoisotopic (exact) mass is 245 g/mol. The van der Waals surface area contributed by atoms with Crippen LogP contribution in [0.4, 0.5) is 0 Å². The topological polar surface area (TPSA) is 47.6 Å². The van der Waals surface area contributed by atoms with Crippen molar-refractivity contribution in [2.45, 2.75) is 40.5 Å². The van der Waals surface area contributed by atoms with Crippen molar-refractivity contribution >= 4 is 5.91 Å². The van der Waals surface area contributed by atoms with Gasteiger partial charge in [-0.05, 0) is 6.42 Å². The molecule has 102 valence electrons. The third-order valence-electron chi connectivity index (χ3n) is 2.23. The number of carbonyl (C=O) groups excluding carboxylic acids is 1. The summed E-state index contributed by atoms with van der Waals surface area (Å²) < 4.78 is 10.7. The zero-order valence-electron chi connectivity index (χ0n) is 11.7. The molecule has 0 atom stereocenters. The van der Waals surface area contributed by atoms with Gasteiger partial charge >= 0.3 is 0 Å². The lowest BCUT2D eigenvalue weighted by molar-refractivity contribution is -0.128. The minimum atomic E-state index is -0.330. The van der Waals surface area contributed by atoms with E-state index in [4.69, 9.17) is 9.47 Å². The number of rotatable bonds is 9. The lowest BCUT2D eigenvalue weighted by atomic mass is 9.96. The smallest absolute Gasteiger partial charge is 0.225 e. The van der Waals surface area contributed by atoms with Gasteiger partial charge in [-0.15, -0.1) is 0 Å². The van der Waals surface area contributed by atoms with E-state index in [1.807, 2.05) is 20.8 Å². The normalized spacial score (nSPS) is 11.5. The van der Waals surface area contributed by atoms with Gasteiger partial charge < -0.3 is 14.8 Å². The largest absolute Gasteiger partial charge is 0.379 e. The summed E-state index contributed by atoms with van der Waals surface area (Å²) in [6.45, 7) is 10.9. The van der Waals surface area contributed by atoms with Crippen molar-refractivity contribution < 1.29 is 14.3 Å². The first-order valence-corrected chi connectivity index (χ1v) is 6.42. The number of carbonyl (C=O) groups is 1. The summed E-state index contributed by atoms with van der Waals surface area (Å²) in [4.78, 5) is 11.5. The molecular weight excluding hydrogens is 218 g/mol. The molecule has 0 aliphatic heterocycles. The van der Waals surface area contributed by atoms with Crippen LogP contribution in [-0.4, -0.2) is 38.9 Å². The molecule has 17 heavy (non-hydrogen) atoms. The van der Waals surface area contributed by atoms with Gasteiger partial charge in [-0.1, -0.05) is 34.1 Å². The summed E-state index contributed by atoms with van der Waals surface area (Å²) in [6.07, 6.45) is 2.25. The third kappa shape index (κ3) is 10.3. The van der Waals surface area contributed by atoms with E-state index >= 15 is 0 Å². The Hall–Kier alpha value is -0.610. The molecule has 4 nitrogen and oxygen atoms in total. The zero-order chi connectivity index (χ0) is 13.1. The summed E-state index contributed by atoms with van der Waals surface area (Å²) >= 11 is 0. The van der Waals surface area contributed by atoms with Crippen LogP contribution >= 0.6 is 0 Å². The van der Waals surface area contributed by atoms with Crippen LogP contribution in [0.15, 0.2) is 0 Å². The first kappa shape index (κ1) is 16.4. The van der Waals surface area contributed by atoms with Gasteiger partial charge in [0.1, 0.15) is 0 Å². The predicted octanol–water partition coefficient (Wildman–Crippen LogP) is 1.98. The number of nitrogens with one attached hydrogen (secondary N) is 1. The lowest BCUT2D eigenvalue weighted by Crippen LogP contribution is -2.36. The highest BCUT2D eigenvalue weighted by Gasteiger charge is 2.20. The second-order valence-corrected chi connectivity index (χ2v) is 5.08. The van der Waals surface area contributed by atoms with E-state index in [0.717, 1.165) is 19.4 Å². The summed E-state index contributed by atoms with van der Waals surface area (Å²) in [5.41, 5.74) is -0.330. The molecule has 0 aromatic carbocycles. The molecule has 0 saturated heterocycles. The number of hydrogen-bond donors (Lipinski definition) is 1. The van der Waals surface area contributed by atoms with Gasteiger partial charge in [-0.2, -0.15) is 0 Å². The van der Waals surface area contributed by atoms with Gasteiger partial charge in [-0.25, -0.2) is 0 Å². The van der Waals surface area contributed by atoms with Gasteiger partial charge in [0.05, 0.1) is 19.8 Å². The van der Waals surface area contributed by atoms with E-state index in [1.165, 1.54) is 0 Å². The van der Waals surface area contributed by atoms with Crippen molar-refractivity contribution in [3.63, 3.8) is 0 Å². The molecule has 0 aliphatic rings. The molecule has 0 fully saturated rings. The second kappa shape index (κ2) is 9.42. The molecule has 1 amide bonds. The number of amides is 1. The Morgan fingerprint density at radius 2 is 1.65 bits per heavy atom. The Kier molecular flexibility index (Phi) is 9.09. The van der Waals surface area contributed by atoms with Crippen molar-refractivity contribution in [1.29, 1.82) is 0 Å². The molecule has 0 aromatic heterocycles. The average molecular weight is 245 g/mol. The van der Waals surface area contributed by atoms with E-state index in [2.05, 4.69) is 12.2 Å². The van der Waals surface area contributed by atoms with Gasteiger partial charge in [0, 0.05) is 18.6 Å². The minimum Gasteiger partial charge on any atom is -0.379 e. The summed E-state index contributed by atoms with van der Waals surface area (Å²) in [6, 6.07) is 0. The molecular formula is C13H27NO3. The van der Waals surface area contributed by atoms with Crippen LogP contribution < -0.4 is 5.32 Å². The summed E-state index contributed by atoms with van der Waals surface area (Å²) in [7, 11) is 0. The fourth-order valence-corrected chi connectivity index (χ4v) is 1.07. The predicted molar refractivity (Wildman–Crippen MR) is 69.0 cm³/mol. The first-order valence-electron chi connectivity index (χ1n) is 6.42. The lowest BCUT2D eigenvalue weighted by Gasteiger charge is -2.17. The Balaban J connectivity index is 3.22. The van der Waals surface area contributed by atoms with Gasteiger partial charge in [0.15, 0.2) is 0 Å². The summed E-state index contributed by atoms with van der Waals surface area (Å²) in [5.74, 6) is 0.0558. The Morgan fingerprint density at radius 1 is 1.06 bits per heavy atom. The highest BCUT2D eigenvalue weighted by Crippen LogP contribution is 2.11. The molecule has 0 radical (unpaired) electrons. The van der Waals surface area contributed by atoms with E-state index in [0.29, 0.717) is 26.4 Å². The van der Waals surface area contributed by atoms with Crippen LogP contribution in [0.1, 0.15) is 40.5 Å². The van der Waals surface area contributed by atoms with Crippen LogP contribution in [-0.2, 0) is 14.3 Å². The van der Waals surface area contributed by atoms with E-state index in [9.17, 15) is 4.79 Å². The molecule has 0 unspecified atom stereocenters. The number of ether oxygens (including phenoxy) is 2. The van der Waals surface area contributed by atoms with Crippen LogP contribution in [0.5, 0.6) is 0 Å². The quantitative estimate of drug-likeness (QED) is 0.632. The van der Waals surface area contributed by atoms with Crippen molar-refractivity contribution in [2.24, 2.45) is 5.41 Å². The van der Waals surface area contributed by atoms with E-state index < -0.39 is 0 Å². The van der Waals surface area contributed by atoms with Crippen molar-refractivity contribution in [2.75, 3.05) is 33.0 Å². The Labute approximate surface area is 105 Å². The highest BCUT2D eigenvalue weighted by molar-refractivity contribution is 5.81. The number of hydrogen-bond acceptors (Lipinski definition) is 3. The molecule has 0 aliphatic carbocycles. The van der Waals surface area contributed by atoms with Gasteiger partial charge in [0.25, 0.3) is 0 Å². The van der Waals surface area contributed by atoms with Gasteiger partial charge in [-0.3, -0.25) is 4.79 Å². The molecule has 0 aromatic rings. The van der Waals surface area contributed by atoms with Crippen molar-refractivity contribution in [3.8, 4) is 0 Å². The number of unbranched alkanes of at least 4 members (excludes halogenated alkanes) is 1. The summed E-state index contributed by atoms with van der Waals surface area (Å²) in [5, 5.41) is 2.83. The van der Waals surface area contributed by atoms with Crippen molar-refractivity contribution in [1.82, 2.24) is 5.32 Å². The molecule has 1 N–H and O–H groups in total. The molecule has 0 heterocycles. The molecule has 0 bridgehead atoms. The fourth-order valence-electron chi connectivity index (χ4n) is 1.07. The maximum Gasteiger partial charge on any atom is 0.225 e. The van der Waals surface area contributed by atoms with Crippen LogP contribution in [0.3, 0.4) is 0 Å². The maximum atomic E-state index is 11.5. The third-order valence-corrected chi connectivity index (χ3v) is 2.23. The van der Waals surface area contributed by atoms with Crippen molar-refractivity contribution in [3.05, 3.63) is 0 Å². The minimum absolute atomic E-state index is 0.0558. The van der Waals surface area contributed by atoms with E-state index in [1.54, 1.807) is 0 Å². The second-order valence-electron chi connectivity index (χ2n) is 5.08. The van der Waals surface area contributed by atoms with Gasteiger partial charge in [0.2, 0.25) is 5.91 Å². The molecule has 0 spiro atoms. The van der Waals surface area contributed by atoms with Crippen LogP contribution in [0.2, 0.25) is 0 Å². The average Bonchev–Trinajstić information content (AvgIpc) is 2.25. The molecule has 0 rings (SSSR count). The fraction of sp³-hybridized carbons (Fsp3) is 0.923. The van der Waals surface area contributed by atoms with Crippen LogP contribution in [0, 0.1) is 5.41 Å². The Morgan fingerprint density at radius 3 is 2.18 bits per heavy atom. The maximum absolute atomic E-state index is 11.5. The standard InChI is InChI=1S/C13H27NO3/c1-5-6-8-16-10-11-17-9-7-14-12(15)13(2,3)4/h5-11H2,1-4H3,(H,14,15).